The normalized spacial score (nSPS) is 11.1. The molecule has 2 rings (SSSR count). The molecule has 0 bridgehead atoms. The van der Waals surface area contributed by atoms with Crippen molar-refractivity contribution in [3.05, 3.63) is 46.5 Å². The van der Waals surface area contributed by atoms with Gasteiger partial charge in [-0.25, -0.2) is 14.3 Å². The Balaban J connectivity index is 2.47. The third-order valence-electron chi connectivity index (χ3n) is 2.75. The fourth-order valence-electron chi connectivity index (χ4n) is 1.64. The van der Waals surface area contributed by atoms with E-state index in [1.807, 2.05) is 0 Å². The van der Waals surface area contributed by atoms with Crippen LogP contribution in [0.25, 0.3) is 0 Å². The van der Waals surface area contributed by atoms with Gasteiger partial charge in [-0.15, -0.1) is 0 Å². The molecular formula is C11H12N4O4S2. The van der Waals surface area contributed by atoms with Gasteiger partial charge in [-0.1, -0.05) is 29.5 Å². The maximum Gasteiger partial charge on any atom is 0.306 e. The van der Waals surface area contributed by atoms with E-state index in [0.717, 1.165) is 10.4 Å². The summed E-state index contributed by atoms with van der Waals surface area (Å²) in [6, 6.07) is 9.41. The molecule has 0 radical (unpaired) electrons. The lowest BCUT2D eigenvalue weighted by molar-refractivity contribution is -0.383. The molecule has 0 aliphatic heterocycles. The standard InChI is InChI=1S/C11H12N4O4S2/c1-14(8-5-3-2-4-6-8)21(18,19)10-7-9(15(16)17)11(13-12)20-10/h2-7,13H,12H2,1H3. The van der Waals surface area contributed by atoms with E-state index in [1.54, 1.807) is 30.3 Å². The fraction of sp³-hybridized carbons (Fsp3) is 0.0909. The Kier molecular flexibility index (Phi) is 4.11. The first-order chi connectivity index (χ1) is 9.87. The van der Waals surface area contributed by atoms with Gasteiger partial charge in [0.15, 0.2) is 5.00 Å². The molecule has 8 nitrogen and oxygen atoms in total. The van der Waals surface area contributed by atoms with Gasteiger partial charge in [-0.2, -0.15) is 0 Å². The minimum atomic E-state index is -3.89. The molecule has 1 aromatic carbocycles. The number of hydrogen-bond acceptors (Lipinski definition) is 7. The Bertz CT molecular complexity index is 758. The average Bonchev–Trinajstić information content (AvgIpc) is 2.92. The summed E-state index contributed by atoms with van der Waals surface area (Å²) in [4.78, 5) is 10.2. The number of nitrogen functional groups attached to an aromatic ring is 1. The molecule has 0 fully saturated rings. The smallest absolute Gasteiger partial charge is 0.306 e. The molecule has 10 heteroatoms. The number of hydrazine groups is 1. The predicted octanol–water partition coefficient (Wildman–Crippen LogP) is 1.77. The lowest BCUT2D eigenvalue weighted by Crippen LogP contribution is -2.25. The Labute approximate surface area is 125 Å². The van der Waals surface area contributed by atoms with Crippen LogP contribution in [0.4, 0.5) is 16.4 Å². The molecule has 0 spiro atoms. The van der Waals surface area contributed by atoms with Gasteiger partial charge in [-0.3, -0.25) is 14.4 Å². The molecule has 21 heavy (non-hydrogen) atoms. The number of anilines is 2. The monoisotopic (exact) mass is 328 g/mol. The molecule has 1 aromatic heterocycles. The lowest BCUT2D eigenvalue weighted by atomic mass is 10.3. The topological polar surface area (TPSA) is 119 Å². The van der Waals surface area contributed by atoms with Gasteiger partial charge in [0.2, 0.25) is 0 Å². The van der Waals surface area contributed by atoms with Crippen molar-refractivity contribution in [1.82, 2.24) is 0 Å². The van der Waals surface area contributed by atoms with E-state index in [4.69, 9.17) is 5.84 Å². The molecule has 0 aliphatic rings. The van der Waals surface area contributed by atoms with Crippen LogP contribution in [0.15, 0.2) is 40.6 Å². The van der Waals surface area contributed by atoms with Crippen molar-refractivity contribution in [3.63, 3.8) is 0 Å². The molecule has 0 unspecified atom stereocenters. The van der Waals surface area contributed by atoms with E-state index in [1.165, 1.54) is 7.05 Å². The van der Waals surface area contributed by atoms with Crippen molar-refractivity contribution < 1.29 is 13.3 Å². The number of sulfonamides is 1. The van der Waals surface area contributed by atoms with Crippen LogP contribution in [0.3, 0.4) is 0 Å². The van der Waals surface area contributed by atoms with E-state index in [0.29, 0.717) is 17.0 Å². The fourth-order valence-corrected chi connectivity index (χ4v) is 4.24. The number of benzene rings is 1. The van der Waals surface area contributed by atoms with Crippen LogP contribution in [-0.2, 0) is 10.0 Å². The van der Waals surface area contributed by atoms with Gasteiger partial charge < -0.3 is 5.43 Å². The van der Waals surface area contributed by atoms with E-state index < -0.39 is 14.9 Å². The van der Waals surface area contributed by atoms with Crippen molar-refractivity contribution in [3.8, 4) is 0 Å². The highest BCUT2D eigenvalue weighted by Crippen LogP contribution is 2.38. The molecular weight excluding hydrogens is 316 g/mol. The molecule has 2 aromatic rings. The Morgan fingerprint density at radius 1 is 1.33 bits per heavy atom. The van der Waals surface area contributed by atoms with Crippen LogP contribution in [-0.4, -0.2) is 20.4 Å². The minimum absolute atomic E-state index is 0.0139. The summed E-state index contributed by atoms with van der Waals surface area (Å²) in [5.41, 5.74) is 2.22. The number of nitrogens with one attached hydrogen (secondary N) is 1. The molecule has 3 N–H and O–H groups in total. The highest BCUT2D eigenvalue weighted by molar-refractivity contribution is 7.94. The van der Waals surface area contributed by atoms with Crippen LogP contribution < -0.4 is 15.6 Å². The Morgan fingerprint density at radius 2 is 1.95 bits per heavy atom. The second-order valence-corrected chi connectivity index (χ2v) is 7.24. The number of thiophene rings is 1. The largest absolute Gasteiger partial charge is 0.310 e. The molecule has 1 heterocycles. The van der Waals surface area contributed by atoms with Crippen molar-refractivity contribution >= 4 is 37.7 Å². The van der Waals surface area contributed by atoms with Gasteiger partial charge >= 0.3 is 5.69 Å². The zero-order chi connectivity index (χ0) is 15.6. The summed E-state index contributed by atoms with van der Waals surface area (Å²) < 4.78 is 25.9. The number of nitro groups is 1. The number of para-hydroxylation sites is 1. The van der Waals surface area contributed by atoms with Gasteiger partial charge in [-0.05, 0) is 12.1 Å². The number of nitrogens with zero attached hydrogens (tertiary/aromatic N) is 2. The molecule has 0 saturated heterocycles. The minimum Gasteiger partial charge on any atom is -0.310 e. The van der Waals surface area contributed by atoms with E-state index in [2.05, 4.69) is 5.43 Å². The second-order valence-electron chi connectivity index (χ2n) is 3.99. The van der Waals surface area contributed by atoms with Crippen LogP contribution in [0.2, 0.25) is 0 Å². The van der Waals surface area contributed by atoms with E-state index in [9.17, 15) is 18.5 Å². The van der Waals surface area contributed by atoms with Gasteiger partial charge in [0.25, 0.3) is 10.0 Å². The third-order valence-corrected chi connectivity index (χ3v) is 6.04. The Hall–Kier alpha value is -2.17. The summed E-state index contributed by atoms with van der Waals surface area (Å²) in [6.45, 7) is 0. The summed E-state index contributed by atoms with van der Waals surface area (Å²) in [6.07, 6.45) is 0. The van der Waals surface area contributed by atoms with Crippen molar-refractivity contribution in [2.45, 2.75) is 4.21 Å². The van der Waals surface area contributed by atoms with E-state index >= 15 is 0 Å². The summed E-state index contributed by atoms with van der Waals surface area (Å²) in [7, 11) is -2.50. The number of nitrogens with two attached hydrogens (primary N) is 1. The van der Waals surface area contributed by atoms with Crippen molar-refractivity contribution in [1.29, 1.82) is 0 Å². The number of rotatable bonds is 5. The highest BCUT2D eigenvalue weighted by atomic mass is 32.2. The predicted molar refractivity (Wildman–Crippen MR) is 80.8 cm³/mol. The van der Waals surface area contributed by atoms with Gasteiger partial charge in [0.05, 0.1) is 10.6 Å². The van der Waals surface area contributed by atoms with Gasteiger partial charge in [0, 0.05) is 13.1 Å². The average molecular weight is 328 g/mol. The van der Waals surface area contributed by atoms with Crippen LogP contribution >= 0.6 is 11.3 Å². The second kappa shape index (κ2) is 5.68. The van der Waals surface area contributed by atoms with Crippen LogP contribution in [0, 0.1) is 10.1 Å². The SMILES string of the molecule is CN(c1ccccc1)S(=O)(=O)c1cc([N+](=O)[O-])c(NN)s1. The zero-order valence-electron chi connectivity index (χ0n) is 10.9. The van der Waals surface area contributed by atoms with Crippen molar-refractivity contribution in [2.24, 2.45) is 5.84 Å². The quantitative estimate of drug-likeness (QED) is 0.490. The molecule has 0 aliphatic carbocycles. The maximum absolute atomic E-state index is 12.5. The lowest BCUT2D eigenvalue weighted by Gasteiger charge is -2.17. The first-order valence-electron chi connectivity index (χ1n) is 5.66. The molecule has 0 amide bonds. The van der Waals surface area contributed by atoms with Crippen LogP contribution in [0.1, 0.15) is 0 Å². The van der Waals surface area contributed by atoms with E-state index in [-0.39, 0.29) is 14.9 Å². The molecule has 0 atom stereocenters. The maximum atomic E-state index is 12.5. The Morgan fingerprint density at radius 3 is 2.43 bits per heavy atom. The zero-order valence-corrected chi connectivity index (χ0v) is 12.5. The highest BCUT2D eigenvalue weighted by Gasteiger charge is 2.29. The third kappa shape index (κ3) is 2.82. The first kappa shape index (κ1) is 15.2. The first-order valence-corrected chi connectivity index (χ1v) is 7.92. The molecule has 112 valence electrons. The molecule has 0 saturated carbocycles. The summed E-state index contributed by atoms with van der Waals surface area (Å²) >= 11 is 0.710. The van der Waals surface area contributed by atoms with Crippen LogP contribution in [0.5, 0.6) is 0 Å². The van der Waals surface area contributed by atoms with Gasteiger partial charge in [0.1, 0.15) is 4.21 Å². The van der Waals surface area contributed by atoms with Crippen molar-refractivity contribution in [2.75, 3.05) is 16.8 Å². The summed E-state index contributed by atoms with van der Waals surface area (Å²) in [5, 5.41) is 10.9. The summed E-state index contributed by atoms with van der Waals surface area (Å²) in [5.74, 6) is 5.18. The number of hydrogen-bond donors (Lipinski definition) is 2.